The van der Waals surface area contributed by atoms with Crippen molar-refractivity contribution >= 4 is 27.5 Å². The van der Waals surface area contributed by atoms with Crippen LogP contribution in [0.25, 0.3) is 0 Å². The summed E-state index contributed by atoms with van der Waals surface area (Å²) >= 11 is 9.49. The van der Waals surface area contributed by atoms with Gasteiger partial charge in [0.1, 0.15) is 0 Å². The van der Waals surface area contributed by atoms with E-state index in [1.54, 1.807) is 0 Å². The molecule has 0 aliphatic heterocycles. The summed E-state index contributed by atoms with van der Waals surface area (Å²) in [4.78, 5) is 0. The molecule has 0 bridgehead atoms. The van der Waals surface area contributed by atoms with Gasteiger partial charge in [-0.2, -0.15) is 0 Å². The summed E-state index contributed by atoms with van der Waals surface area (Å²) in [5.74, 6) is 5.44. The van der Waals surface area contributed by atoms with Crippen LogP contribution in [0.5, 0.6) is 0 Å². The van der Waals surface area contributed by atoms with Gasteiger partial charge in [-0.1, -0.05) is 35.9 Å². The zero-order valence-electron chi connectivity index (χ0n) is 7.85. The molecule has 0 saturated carbocycles. The summed E-state index contributed by atoms with van der Waals surface area (Å²) in [6.45, 7) is 5.76. The second kappa shape index (κ2) is 4.94. The third-order valence-corrected chi connectivity index (χ3v) is 3.26. The zero-order valence-corrected chi connectivity index (χ0v) is 10.2. The lowest BCUT2D eigenvalue weighted by Crippen LogP contribution is -2.28. The summed E-state index contributed by atoms with van der Waals surface area (Å²) in [5, 5.41) is 0.665. The first-order valence-electron chi connectivity index (χ1n) is 4.13. The average molecular weight is 276 g/mol. The SMILES string of the molecule is C=C(C)C(NN)c1cccc(Br)c1Cl. The lowest BCUT2D eigenvalue weighted by Gasteiger charge is -2.18. The third kappa shape index (κ3) is 2.36. The first-order chi connectivity index (χ1) is 6.57. The van der Waals surface area contributed by atoms with Gasteiger partial charge >= 0.3 is 0 Å². The number of hydrazine groups is 1. The molecule has 76 valence electrons. The molecule has 1 aromatic carbocycles. The van der Waals surface area contributed by atoms with Crippen molar-refractivity contribution in [3.8, 4) is 0 Å². The molecule has 14 heavy (non-hydrogen) atoms. The van der Waals surface area contributed by atoms with Crippen molar-refractivity contribution in [2.45, 2.75) is 13.0 Å². The van der Waals surface area contributed by atoms with Crippen molar-refractivity contribution in [3.05, 3.63) is 45.4 Å². The van der Waals surface area contributed by atoms with E-state index in [1.807, 2.05) is 25.1 Å². The van der Waals surface area contributed by atoms with Crippen LogP contribution in [-0.2, 0) is 0 Å². The second-order valence-electron chi connectivity index (χ2n) is 3.09. The highest BCUT2D eigenvalue weighted by atomic mass is 79.9. The molecule has 0 saturated heterocycles. The van der Waals surface area contributed by atoms with E-state index >= 15 is 0 Å². The zero-order chi connectivity index (χ0) is 10.7. The van der Waals surface area contributed by atoms with Gasteiger partial charge < -0.3 is 0 Å². The Labute approximate surface area is 97.2 Å². The molecule has 0 radical (unpaired) electrons. The van der Waals surface area contributed by atoms with Crippen LogP contribution in [0.15, 0.2) is 34.8 Å². The van der Waals surface area contributed by atoms with E-state index in [1.165, 1.54) is 0 Å². The van der Waals surface area contributed by atoms with Crippen LogP contribution in [-0.4, -0.2) is 0 Å². The molecule has 0 aliphatic rings. The van der Waals surface area contributed by atoms with Crippen LogP contribution in [0.2, 0.25) is 5.02 Å². The molecule has 1 aromatic rings. The van der Waals surface area contributed by atoms with Crippen LogP contribution in [0.4, 0.5) is 0 Å². The van der Waals surface area contributed by atoms with Crippen molar-refractivity contribution < 1.29 is 0 Å². The first-order valence-corrected chi connectivity index (χ1v) is 5.30. The molecule has 0 spiro atoms. The van der Waals surface area contributed by atoms with Crippen molar-refractivity contribution in [3.63, 3.8) is 0 Å². The van der Waals surface area contributed by atoms with Gasteiger partial charge in [-0.25, -0.2) is 5.43 Å². The topological polar surface area (TPSA) is 38.0 Å². The maximum absolute atomic E-state index is 6.13. The van der Waals surface area contributed by atoms with Crippen LogP contribution >= 0.6 is 27.5 Å². The molecule has 0 heterocycles. The van der Waals surface area contributed by atoms with Crippen LogP contribution in [0.1, 0.15) is 18.5 Å². The third-order valence-electron chi connectivity index (χ3n) is 1.95. The normalized spacial score (nSPS) is 12.6. The first kappa shape index (κ1) is 11.7. The molecule has 1 atom stereocenters. The van der Waals surface area contributed by atoms with Crippen molar-refractivity contribution in [1.29, 1.82) is 0 Å². The molecule has 0 amide bonds. The highest BCUT2D eigenvalue weighted by Gasteiger charge is 2.14. The van der Waals surface area contributed by atoms with Crippen LogP contribution in [0, 0.1) is 0 Å². The Bertz CT molecular complexity index is 352. The largest absolute Gasteiger partial charge is 0.271 e. The number of benzene rings is 1. The van der Waals surface area contributed by atoms with E-state index in [0.29, 0.717) is 5.02 Å². The van der Waals surface area contributed by atoms with Gasteiger partial charge in [0.25, 0.3) is 0 Å². The quantitative estimate of drug-likeness (QED) is 0.505. The van der Waals surface area contributed by atoms with Gasteiger partial charge in [0.15, 0.2) is 0 Å². The summed E-state index contributed by atoms with van der Waals surface area (Å²) in [5.41, 5.74) is 4.53. The number of hydrogen-bond acceptors (Lipinski definition) is 2. The molecule has 0 fully saturated rings. The maximum atomic E-state index is 6.13. The van der Waals surface area contributed by atoms with E-state index in [-0.39, 0.29) is 6.04 Å². The van der Waals surface area contributed by atoms with E-state index in [2.05, 4.69) is 27.9 Å². The van der Waals surface area contributed by atoms with Crippen LogP contribution in [0.3, 0.4) is 0 Å². The van der Waals surface area contributed by atoms with Crippen molar-refractivity contribution in [2.75, 3.05) is 0 Å². The highest BCUT2D eigenvalue weighted by Crippen LogP contribution is 2.32. The number of nitrogens with two attached hydrogens (primary N) is 1. The standard InChI is InChI=1S/C10H12BrClN2/c1-6(2)10(14-13)7-4-3-5-8(11)9(7)12/h3-5,10,14H,1,13H2,2H3. The summed E-state index contributed by atoms with van der Waals surface area (Å²) in [7, 11) is 0. The smallest absolute Gasteiger partial charge is 0.0679 e. The lowest BCUT2D eigenvalue weighted by molar-refractivity contribution is 0.627. The fraction of sp³-hybridized carbons (Fsp3) is 0.200. The summed E-state index contributed by atoms with van der Waals surface area (Å²) < 4.78 is 0.859. The summed E-state index contributed by atoms with van der Waals surface area (Å²) in [6, 6.07) is 5.61. The van der Waals surface area contributed by atoms with E-state index in [0.717, 1.165) is 15.6 Å². The van der Waals surface area contributed by atoms with Crippen LogP contribution < -0.4 is 11.3 Å². The van der Waals surface area contributed by atoms with E-state index in [9.17, 15) is 0 Å². The molecule has 4 heteroatoms. The van der Waals surface area contributed by atoms with Gasteiger partial charge in [-0.05, 0) is 34.5 Å². The number of rotatable bonds is 3. The molecule has 1 unspecified atom stereocenters. The Morgan fingerprint density at radius 1 is 1.64 bits per heavy atom. The number of nitrogens with one attached hydrogen (secondary N) is 1. The van der Waals surface area contributed by atoms with Crippen molar-refractivity contribution in [1.82, 2.24) is 5.43 Å². The highest BCUT2D eigenvalue weighted by molar-refractivity contribution is 9.10. The fourth-order valence-electron chi connectivity index (χ4n) is 1.24. The van der Waals surface area contributed by atoms with E-state index < -0.39 is 0 Å². The van der Waals surface area contributed by atoms with E-state index in [4.69, 9.17) is 17.4 Å². The molecule has 3 N–H and O–H groups in total. The van der Waals surface area contributed by atoms with Gasteiger partial charge in [0, 0.05) is 4.47 Å². The lowest BCUT2D eigenvalue weighted by atomic mass is 10.0. The van der Waals surface area contributed by atoms with Gasteiger partial charge in [0.2, 0.25) is 0 Å². The number of hydrogen-bond donors (Lipinski definition) is 2. The fourth-order valence-corrected chi connectivity index (χ4v) is 1.86. The molecule has 0 aliphatic carbocycles. The Morgan fingerprint density at radius 2 is 2.29 bits per heavy atom. The predicted octanol–water partition coefficient (Wildman–Crippen LogP) is 3.18. The Morgan fingerprint density at radius 3 is 2.79 bits per heavy atom. The molecular formula is C10H12BrClN2. The molecule has 2 nitrogen and oxygen atoms in total. The second-order valence-corrected chi connectivity index (χ2v) is 4.32. The summed E-state index contributed by atoms with van der Waals surface area (Å²) in [6.07, 6.45) is 0. The minimum absolute atomic E-state index is 0.111. The Hall–Kier alpha value is -0.350. The predicted molar refractivity (Wildman–Crippen MR) is 64.0 cm³/mol. The minimum atomic E-state index is -0.111. The number of halogens is 2. The average Bonchev–Trinajstić information content (AvgIpc) is 2.13. The molecular weight excluding hydrogens is 263 g/mol. The monoisotopic (exact) mass is 274 g/mol. The maximum Gasteiger partial charge on any atom is 0.0679 e. The Kier molecular flexibility index (Phi) is 4.13. The van der Waals surface area contributed by atoms with Gasteiger partial charge in [-0.15, -0.1) is 0 Å². The molecule has 0 aromatic heterocycles. The molecule has 1 rings (SSSR count). The van der Waals surface area contributed by atoms with Crippen molar-refractivity contribution in [2.24, 2.45) is 5.84 Å². The van der Waals surface area contributed by atoms with Gasteiger partial charge in [0.05, 0.1) is 11.1 Å². The Balaban J connectivity index is 3.16. The van der Waals surface area contributed by atoms with Gasteiger partial charge in [-0.3, -0.25) is 5.84 Å². The minimum Gasteiger partial charge on any atom is -0.271 e.